The molecule has 0 unspecified atom stereocenters. The number of cyclic esters (lactones) is 1. The van der Waals surface area contributed by atoms with Gasteiger partial charge in [-0.25, -0.2) is 13.5 Å². The highest BCUT2D eigenvalue weighted by Gasteiger charge is 2.34. The van der Waals surface area contributed by atoms with E-state index in [9.17, 15) is 9.18 Å². The van der Waals surface area contributed by atoms with Crippen LogP contribution >= 0.6 is 27.9 Å². The third-order valence-corrected chi connectivity index (χ3v) is 6.77. The van der Waals surface area contributed by atoms with Gasteiger partial charge in [0.15, 0.2) is 0 Å². The summed E-state index contributed by atoms with van der Waals surface area (Å²) in [4.78, 5) is 15.2. The molecule has 27 heavy (non-hydrogen) atoms. The van der Waals surface area contributed by atoms with Crippen molar-refractivity contribution in [2.45, 2.75) is 37.3 Å². The lowest BCUT2D eigenvalue weighted by Gasteiger charge is -2.39. The molecule has 2 aromatic rings. The van der Waals surface area contributed by atoms with Crippen LogP contribution in [0.3, 0.4) is 0 Å². The monoisotopic (exact) mass is 450 g/mol. The molecule has 0 N–H and O–H groups in total. The van der Waals surface area contributed by atoms with Gasteiger partial charge in [0, 0.05) is 34.1 Å². The Labute approximate surface area is 170 Å². The lowest BCUT2D eigenvalue weighted by atomic mass is 10.0. The van der Waals surface area contributed by atoms with Crippen molar-refractivity contribution in [2.75, 3.05) is 18.0 Å². The van der Waals surface area contributed by atoms with Crippen molar-refractivity contribution in [3.05, 3.63) is 57.8 Å². The molecule has 7 heteroatoms. The van der Waals surface area contributed by atoms with E-state index < -0.39 is 0 Å². The number of fused-ring (bicyclic) bond motifs is 1. The van der Waals surface area contributed by atoms with Gasteiger partial charge in [0.1, 0.15) is 12.4 Å². The van der Waals surface area contributed by atoms with Gasteiger partial charge in [-0.2, -0.15) is 0 Å². The molecule has 2 aliphatic heterocycles. The van der Waals surface area contributed by atoms with Crippen LogP contribution in [0.25, 0.3) is 0 Å². The smallest absolute Gasteiger partial charge is 0.414 e. The standard InChI is InChI=1S/C20H20BrFN2O2S/c1-13-2-4-16(22)11-19(13)27-23-8-6-17(7-9-23)24-18-5-3-15(21)10-14(18)12-26-20(24)25/h2-5,10-11,17H,6-9,12H2,1H3. The molecule has 0 bridgehead atoms. The van der Waals surface area contributed by atoms with Crippen LogP contribution < -0.4 is 4.90 Å². The third kappa shape index (κ3) is 4.00. The van der Waals surface area contributed by atoms with Crippen molar-refractivity contribution in [3.8, 4) is 0 Å². The number of halogens is 2. The molecular formula is C20H20BrFN2O2S. The van der Waals surface area contributed by atoms with Crippen LogP contribution in [0.5, 0.6) is 0 Å². The van der Waals surface area contributed by atoms with Gasteiger partial charge in [-0.15, -0.1) is 0 Å². The summed E-state index contributed by atoms with van der Waals surface area (Å²) in [6.07, 6.45) is 1.44. The Morgan fingerprint density at radius 3 is 2.74 bits per heavy atom. The molecule has 0 radical (unpaired) electrons. The number of carbonyl (C=O) groups is 1. The zero-order valence-electron chi connectivity index (χ0n) is 15.0. The van der Waals surface area contributed by atoms with Crippen molar-refractivity contribution in [2.24, 2.45) is 0 Å². The predicted octanol–water partition coefficient (Wildman–Crippen LogP) is 5.52. The van der Waals surface area contributed by atoms with Crippen LogP contribution in [-0.4, -0.2) is 29.5 Å². The second kappa shape index (κ2) is 7.81. The minimum Gasteiger partial charge on any atom is -0.444 e. The average molecular weight is 451 g/mol. The molecule has 0 atom stereocenters. The lowest BCUT2D eigenvalue weighted by molar-refractivity contribution is 0.136. The Kier molecular flexibility index (Phi) is 5.43. The Hall–Kier alpha value is -1.57. The number of rotatable bonds is 3. The van der Waals surface area contributed by atoms with E-state index in [1.807, 2.05) is 31.2 Å². The van der Waals surface area contributed by atoms with E-state index in [1.54, 1.807) is 22.9 Å². The van der Waals surface area contributed by atoms with E-state index in [-0.39, 0.29) is 18.0 Å². The van der Waals surface area contributed by atoms with Gasteiger partial charge in [0.05, 0.1) is 5.69 Å². The van der Waals surface area contributed by atoms with Crippen molar-refractivity contribution in [1.82, 2.24) is 4.31 Å². The molecule has 2 aromatic carbocycles. The number of carbonyl (C=O) groups excluding carboxylic acids is 1. The first-order valence-electron chi connectivity index (χ1n) is 8.95. The van der Waals surface area contributed by atoms with E-state index in [4.69, 9.17) is 4.74 Å². The summed E-state index contributed by atoms with van der Waals surface area (Å²) in [5, 5.41) is 0. The van der Waals surface area contributed by atoms with Gasteiger partial charge in [0.2, 0.25) is 0 Å². The molecule has 0 aromatic heterocycles. The third-order valence-electron chi connectivity index (χ3n) is 5.02. The van der Waals surface area contributed by atoms with Crippen LogP contribution in [0.2, 0.25) is 0 Å². The lowest BCUT2D eigenvalue weighted by Crippen LogP contribution is -2.48. The van der Waals surface area contributed by atoms with Gasteiger partial charge in [-0.3, -0.25) is 4.90 Å². The maximum Gasteiger partial charge on any atom is 0.414 e. The Balaban J connectivity index is 1.45. The largest absolute Gasteiger partial charge is 0.444 e. The van der Waals surface area contributed by atoms with Crippen molar-refractivity contribution in [3.63, 3.8) is 0 Å². The van der Waals surface area contributed by atoms with Crippen molar-refractivity contribution in [1.29, 1.82) is 0 Å². The minimum atomic E-state index is -0.267. The molecule has 1 fully saturated rings. The maximum atomic E-state index is 13.5. The molecule has 0 aliphatic carbocycles. The zero-order chi connectivity index (χ0) is 19.0. The number of ether oxygens (including phenoxy) is 1. The van der Waals surface area contributed by atoms with Gasteiger partial charge in [-0.05, 0) is 67.6 Å². The summed E-state index contributed by atoms with van der Waals surface area (Å²) in [6, 6.07) is 10.9. The number of amides is 1. The zero-order valence-corrected chi connectivity index (χ0v) is 17.4. The highest BCUT2D eigenvalue weighted by molar-refractivity contribution is 9.10. The molecular weight excluding hydrogens is 431 g/mol. The van der Waals surface area contributed by atoms with E-state index >= 15 is 0 Å². The van der Waals surface area contributed by atoms with Crippen LogP contribution in [0.4, 0.5) is 14.9 Å². The quantitative estimate of drug-likeness (QED) is 0.575. The summed E-state index contributed by atoms with van der Waals surface area (Å²) in [7, 11) is 0. The summed E-state index contributed by atoms with van der Waals surface area (Å²) in [6.45, 7) is 3.98. The highest BCUT2D eigenvalue weighted by atomic mass is 79.9. The first-order chi connectivity index (χ1) is 13.0. The minimum absolute atomic E-state index is 0.114. The first kappa shape index (κ1) is 18.8. The average Bonchev–Trinajstić information content (AvgIpc) is 2.66. The topological polar surface area (TPSA) is 32.8 Å². The second-order valence-electron chi connectivity index (χ2n) is 6.86. The van der Waals surface area contributed by atoms with Crippen molar-refractivity contribution >= 4 is 39.7 Å². The van der Waals surface area contributed by atoms with Crippen LogP contribution in [0.15, 0.2) is 45.8 Å². The second-order valence-corrected chi connectivity index (χ2v) is 8.91. The number of nitrogens with zero attached hydrogens (tertiary/aromatic N) is 2. The van der Waals surface area contributed by atoms with Gasteiger partial charge in [-0.1, -0.05) is 22.0 Å². The number of benzene rings is 2. The van der Waals surface area contributed by atoms with E-state index in [2.05, 4.69) is 20.2 Å². The van der Waals surface area contributed by atoms with Gasteiger partial charge < -0.3 is 4.74 Å². The maximum absolute atomic E-state index is 13.5. The summed E-state index contributed by atoms with van der Waals surface area (Å²) in [5.74, 6) is -0.211. The van der Waals surface area contributed by atoms with E-state index in [0.717, 1.165) is 52.1 Å². The Morgan fingerprint density at radius 2 is 1.96 bits per heavy atom. The molecule has 4 rings (SSSR count). The number of anilines is 1. The summed E-state index contributed by atoms with van der Waals surface area (Å²) in [5.41, 5.74) is 3.04. The summed E-state index contributed by atoms with van der Waals surface area (Å²) < 4.78 is 22.1. The fourth-order valence-electron chi connectivity index (χ4n) is 3.56. The molecule has 1 saturated heterocycles. The molecule has 2 heterocycles. The summed E-state index contributed by atoms with van der Waals surface area (Å²) >= 11 is 5.07. The van der Waals surface area contributed by atoms with Crippen LogP contribution in [-0.2, 0) is 11.3 Å². The molecule has 0 saturated carbocycles. The number of piperidine rings is 1. The fraction of sp³-hybridized carbons (Fsp3) is 0.350. The molecule has 1 amide bonds. The molecule has 0 spiro atoms. The van der Waals surface area contributed by atoms with Crippen LogP contribution in [0.1, 0.15) is 24.0 Å². The van der Waals surface area contributed by atoms with E-state index in [0.29, 0.717) is 6.61 Å². The Bertz CT molecular complexity index is 871. The normalized spacial score (nSPS) is 18.3. The predicted molar refractivity (Wildman–Crippen MR) is 108 cm³/mol. The Morgan fingerprint density at radius 1 is 1.19 bits per heavy atom. The fourth-order valence-corrected chi connectivity index (χ4v) is 5.02. The van der Waals surface area contributed by atoms with Gasteiger partial charge >= 0.3 is 6.09 Å². The van der Waals surface area contributed by atoms with E-state index in [1.165, 1.54) is 6.07 Å². The SMILES string of the molecule is Cc1ccc(F)cc1SN1CCC(N2C(=O)OCc3cc(Br)ccc32)CC1. The number of hydrogen-bond acceptors (Lipinski definition) is 4. The van der Waals surface area contributed by atoms with Crippen molar-refractivity contribution < 1.29 is 13.9 Å². The van der Waals surface area contributed by atoms with Gasteiger partial charge in [0.25, 0.3) is 0 Å². The molecule has 142 valence electrons. The van der Waals surface area contributed by atoms with Crippen LogP contribution in [0, 0.1) is 12.7 Å². The molecule has 4 nitrogen and oxygen atoms in total. The molecule has 2 aliphatic rings. The number of aryl methyl sites for hydroxylation is 1. The first-order valence-corrected chi connectivity index (χ1v) is 10.5. The number of hydrogen-bond donors (Lipinski definition) is 0. The highest BCUT2D eigenvalue weighted by Crippen LogP contribution is 2.35.